The van der Waals surface area contributed by atoms with Gasteiger partial charge in [-0.25, -0.2) is 0 Å². The molecule has 0 fully saturated rings. The van der Waals surface area contributed by atoms with E-state index >= 15 is 0 Å². The van der Waals surface area contributed by atoms with Gasteiger partial charge in [-0.3, -0.25) is 0 Å². The van der Waals surface area contributed by atoms with Crippen LogP contribution in [-0.4, -0.2) is 16.6 Å². The maximum absolute atomic E-state index is 9.26. The predicted molar refractivity (Wildman–Crippen MR) is 39.4 cm³/mol. The van der Waals surface area contributed by atoms with E-state index in [1.54, 1.807) is 0 Å². The molecule has 0 saturated heterocycles. The van der Waals surface area contributed by atoms with Crippen molar-refractivity contribution in [3.63, 3.8) is 0 Å². The zero-order valence-electron chi connectivity index (χ0n) is 5.52. The monoisotopic (exact) mass is 146 g/mol. The van der Waals surface area contributed by atoms with Crippen LogP contribution < -0.4 is 0 Å². The van der Waals surface area contributed by atoms with Gasteiger partial charge in [0.05, 0.1) is 5.88 Å². The van der Waals surface area contributed by atoms with Crippen molar-refractivity contribution in [1.82, 2.24) is 0 Å². The minimum Gasteiger partial charge on any atom is -0.376 e. The fraction of sp³-hybridized carbons (Fsp3) is 0.714. The van der Waals surface area contributed by atoms with Gasteiger partial charge in [0.15, 0.2) is 0 Å². The van der Waals surface area contributed by atoms with E-state index in [1.807, 2.05) is 6.92 Å². The van der Waals surface area contributed by atoms with E-state index in [1.165, 1.54) is 0 Å². The summed E-state index contributed by atoms with van der Waals surface area (Å²) in [6.45, 7) is 1.95. The SMILES string of the molecule is C#CC(O)(CCl)CCC. The minimum atomic E-state index is -1.07. The summed E-state index contributed by atoms with van der Waals surface area (Å²) < 4.78 is 0. The molecule has 0 spiro atoms. The molecular formula is C7H11ClO. The van der Waals surface area contributed by atoms with Crippen molar-refractivity contribution >= 4 is 11.6 Å². The summed E-state index contributed by atoms with van der Waals surface area (Å²) in [5.74, 6) is 2.38. The van der Waals surface area contributed by atoms with E-state index < -0.39 is 5.60 Å². The average molecular weight is 147 g/mol. The number of hydrogen-bond acceptors (Lipinski definition) is 1. The van der Waals surface area contributed by atoms with Crippen molar-refractivity contribution in [2.75, 3.05) is 5.88 Å². The van der Waals surface area contributed by atoms with Gasteiger partial charge >= 0.3 is 0 Å². The third-order valence-electron chi connectivity index (χ3n) is 1.15. The van der Waals surface area contributed by atoms with Crippen LogP contribution in [0.25, 0.3) is 0 Å². The van der Waals surface area contributed by atoms with Gasteiger partial charge in [0.1, 0.15) is 5.60 Å². The Balaban J connectivity index is 3.81. The van der Waals surface area contributed by atoms with Gasteiger partial charge in [0, 0.05) is 0 Å². The zero-order chi connectivity index (χ0) is 7.33. The van der Waals surface area contributed by atoms with E-state index in [4.69, 9.17) is 18.0 Å². The first-order valence-corrected chi connectivity index (χ1v) is 3.48. The fourth-order valence-electron chi connectivity index (χ4n) is 0.591. The van der Waals surface area contributed by atoms with Crippen LogP contribution in [0.2, 0.25) is 0 Å². The predicted octanol–water partition coefficient (Wildman–Crippen LogP) is 1.39. The molecular weight excluding hydrogens is 136 g/mol. The molecule has 2 heteroatoms. The lowest BCUT2D eigenvalue weighted by atomic mass is 10.0. The molecule has 0 aliphatic carbocycles. The maximum Gasteiger partial charge on any atom is 0.138 e. The van der Waals surface area contributed by atoms with Crippen molar-refractivity contribution in [2.24, 2.45) is 0 Å². The van der Waals surface area contributed by atoms with Gasteiger partial charge in [-0.1, -0.05) is 19.3 Å². The van der Waals surface area contributed by atoms with Crippen molar-refractivity contribution < 1.29 is 5.11 Å². The van der Waals surface area contributed by atoms with Gasteiger partial charge in [-0.15, -0.1) is 18.0 Å². The summed E-state index contributed by atoms with van der Waals surface area (Å²) in [4.78, 5) is 0. The van der Waals surface area contributed by atoms with Crippen molar-refractivity contribution in [3.05, 3.63) is 0 Å². The zero-order valence-corrected chi connectivity index (χ0v) is 6.28. The topological polar surface area (TPSA) is 20.2 Å². The van der Waals surface area contributed by atoms with Crippen LogP contribution in [0.3, 0.4) is 0 Å². The first kappa shape index (κ1) is 8.81. The third kappa shape index (κ3) is 2.74. The summed E-state index contributed by atoms with van der Waals surface area (Å²) >= 11 is 5.40. The molecule has 1 N–H and O–H groups in total. The standard InChI is InChI=1S/C7H11ClO/c1-3-5-7(9,4-2)6-8/h2,9H,3,5-6H2,1H3. The van der Waals surface area contributed by atoms with Crippen LogP contribution in [0, 0.1) is 12.3 Å². The van der Waals surface area contributed by atoms with Gasteiger partial charge in [0.2, 0.25) is 0 Å². The molecule has 1 unspecified atom stereocenters. The molecule has 52 valence electrons. The highest BCUT2D eigenvalue weighted by atomic mass is 35.5. The largest absolute Gasteiger partial charge is 0.376 e. The molecule has 0 saturated carbocycles. The van der Waals surface area contributed by atoms with Crippen molar-refractivity contribution in [1.29, 1.82) is 0 Å². The first-order chi connectivity index (χ1) is 4.18. The van der Waals surface area contributed by atoms with Gasteiger partial charge in [0.25, 0.3) is 0 Å². The van der Waals surface area contributed by atoms with Gasteiger partial charge in [-0.2, -0.15) is 0 Å². The van der Waals surface area contributed by atoms with E-state index in [2.05, 4.69) is 5.92 Å². The van der Waals surface area contributed by atoms with Gasteiger partial charge in [-0.05, 0) is 6.42 Å². The summed E-state index contributed by atoms with van der Waals surface area (Å²) in [6, 6.07) is 0. The lowest BCUT2D eigenvalue weighted by Gasteiger charge is -2.16. The Kier molecular flexibility index (Phi) is 3.68. The lowest BCUT2D eigenvalue weighted by molar-refractivity contribution is 0.115. The second kappa shape index (κ2) is 3.76. The molecule has 1 nitrogen and oxygen atoms in total. The van der Waals surface area contributed by atoms with E-state index in [9.17, 15) is 5.11 Å². The highest BCUT2D eigenvalue weighted by Crippen LogP contribution is 2.12. The number of aliphatic hydroxyl groups is 1. The second-order valence-corrected chi connectivity index (χ2v) is 2.33. The van der Waals surface area contributed by atoms with Crippen LogP contribution in [0.5, 0.6) is 0 Å². The highest BCUT2D eigenvalue weighted by Gasteiger charge is 2.20. The van der Waals surface area contributed by atoms with E-state index in [0.717, 1.165) is 6.42 Å². The first-order valence-electron chi connectivity index (χ1n) is 2.94. The molecule has 0 aliphatic rings. The quantitative estimate of drug-likeness (QED) is 0.471. The van der Waals surface area contributed by atoms with Crippen molar-refractivity contribution in [2.45, 2.75) is 25.4 Å². The smallest absolute Gasteiger partial charge is 0.138 e. The average Bonchev–Trinajstić information content (AvgIpc) is 1.89. The molecule has 1 atom stereocenters. The third-order valence-corrected chi connectivity index (χ3v) is 1.60. The van der Waals surface area contributed by atoms with Crippen LogP contribution in [0.15, 0.2) is 0 Å². The number of halogens is 1. The molecule has 0 rings (SSSR count). The fourth-order valence-corrected chi connectivity index (χ4v) is 0.802. The van der Waals surface area contributed by atoms with Gasteiger partial charge < -0.3 is 5.11 Å². The Morgan fingerprint density at radius 1 is 1.78 bits per heavy atom. The Labute approximate surface area is 61.0 Å². The Morgan fingerprint density at radius 2 is 2.33 bits per heavy atom. The maximum atomic E-state index is 9.26. The Bertz CT molecular complexity index is 117. The number of rotatable bonds is 3. The summed E-state index contributed by atoms with van der Waals surface area (Å²) in [5, 5.41) is 9.26. The molecule has 0 aromatic heterocycles. The molecule has 0 aliphatic heterocycles. The van der Waals surface area contributed by atoms with Crippen LogP contribution in [0.4, 0.5) is 0 Å². The summed E-state index contributed by atoms with van der Waals surface area (Å²) in [6.07, 6.45) is 6.45. The van der Waals surface area contributed by atoms with Crippen molar-refractivity contribution in [3.8, 4) is 12.3 Å². The summed E-state index contributed by atoms with van der Waals surface area (Å²) in [5.41, 5.74) is -1.07. The van der Waals surface area contributed by atoms with Crippen LogP contribution in [-0.2, 0) is 0 Å². The highest BCUT2D eigenvalue weighted by molar-refractivity contribution is 6.18. The normalized spacial score (nSPS) is 16.2. The molecule has 0 bridgehead atoms. The van der Waals surface area contributed by atoms with Crippen LogP contribution >= 0.6 is 11.6 Å². The van der Waals surface area contributed by atoms with Crippen LogP contribution in [0.1, 0.15) is 19.8 Å². The lowest BCUT2D eigenvalue weighted by Crippen LogP contribution is -2.27. The van der Waals surface area contributed by atoms with E-state index in [-0.39, 0.29) is 5.88 Å². The molecule has 0 radical (unpaired) electrons. The molecule has 0 aromatic carbocycles. The Hall–Kier alpha value is -0.190. The molecule has 9 heavy (non-hydrogen) atoms. The number of alkyl halides is 1. The van der Waals surface area contributed by atoms with E-state index in [0.29, 0.717) is 6.42 Å². The molecule has 0 aromatic rings. The minimum absolute atomic E-state index is 0.122. The number of hydrogen-bond donors (Lipinski definition) is 1. The molecule has 0 amide bonds. The Morgan fingerprint density at radius 3 is 2.44 bits per heavy atom. The second-order valence-electron chi connectivity index (χ2n) is 2.06. The number of terminal acetylenes is 1. The molecule has 0 heterocycles. The summed E-state index contributed by atoms with van der Waals surface area (Å²) in [7, 11) is 0.